The molecule has 33 heavy (non-hydrogen) atoms. The molecule has 1 unspecified atom stereocenters. The van der Waals surface area contributed by atoms with Crippen LogP contribution in [0.15, 0.2) is 29.3 Å². The lowest BCUT2D eigenvalue weighted by molar-refractivity contribution is -0.137. The molecule has 0 radical (unpaired) electrons. The second-order valence-electron chi connectivity index (χ2n) is 9.04. The highest BCUT2D eigenvalue weighted by molar-refractivity contribution is 14.0. The quantitative estimate of drug-likeness (QED) is 0.271. The van der Waals surface area contributed by atoms with Crippen LogP contribution in [0, 0.1) is 5.92 Å². The first-order valence-corrected chi connectivity index (χ1v) is 12.2. The lowest BCUT2D eigenvalue weighted by atomic mass is 9.98. The van der Waals surface area contributed by atoms with Crippen LogP contribution in [-0.2, 0) is 4.79 Å². The van der Waals surface area contributed by atoms with Crippen molar-refractivity contribution < 1.29 is 9.53 Å². The number of carbonyl (C=O) groups is 1. The van der Waals surface area contributed by atoms with Gasteiger partial charge in [0, 0.05) is 58.8 Å². The summed E-state index contributed by atoms with van der Waals surface area (Å²) in [4.78, 5) is 21.5. The molecule has 8 heteroatoms. The van der Waals surface area contributed by atoms with Crippen molar-refractivity contribution in [3.63, 3.8) is 0 Å². The molecule has 1 amide bonds. The van der Waals surface area contributed by atoms with Crippen LogP contribution in [-0.4, -0.2) is 81.6 Å². The zero-order chi connectivity index (χ0) is 22.8. The van der Waals surface area contributed by atoms with E-state index in [9.17, 15) is 4.79 Å². The molecule has 2 fully saturated rings. The molecule has 1 aromatic rings. The summed E-state index contributed by atoms with van der Waals surface area (Å²) in [5, 5.41) is 6.85. The van der Waals surface area contributed by atoms with Crippen LogP contribution in [0.4, 0.5) is 0 Å². The van der Waals surface area contributed by atoms with Gasteiger partial charge >= 0.3 is 0 Å². The van der Waals surface area contributed by atoms with E-state index in [-0.39, 0.29) is 24.0 Å². The van der Waals surface area contributed by atoms with Crippen molar-refractivity contribution in [3.05, 3.63) is 29.8 Å². The fraction of sp³-hybridized carbons (Fsp3) is 0.680. The van der Waals surface area contributed by atoms with E-state index in [2.05, 4.69) is 44.5 Å². The Balaban J connectivity index is 0.00000385. The van der Waals surface area contributed by atoms with Gasteiger partial charge in [0.1, 0.15) is 5.75 Å². The fourth-order valence-corrected chi connectivity index (χ4v) is 4.68. The first-order valence-electron chi connectivity index (χ1n) is 12.2. The Morgan fingerprint density at radius 3 is 2.33 bits per heavy atom. The van der Waals surface area contributed by atoms with Crippen molar-refractivity contribution in [1.29, 1.82) is 0 Å². The summed E-state index contributed by atoms with van der Waals surface area (Å²) in [5.41, 5.74) is 1.32. The normalized spacial score (nSPS) is 18.5. The highest BCUT2D eigenvalue weighted by atomic mass is 127. The number of benzene rings is 1. The van der Waals surface area contributed by atoms with Crippen LogP contribution in [0.2, 0.25) is 0 Å². The lowest BCUT2D eigenvalue weighted by Crippen LogP contribution is -2.51. The summed E-state index contributed by atoms with van der Waals surface area (Å²) in [7, 11) is 3.51. The molecule has 3 rings (SSSR count). The third kappa shape index (κ3) is 8.63. The van der Waals surface area contributed by atoms with E-state index in [1.54, 1.807) is 7.11 Å². The van der Waals surface area contributed by atoms with E-state index >= 15 is 0 Å². The topological polar surface area (TPSA) is 69.2 Å². The monoisotopic (exact) mass is 571 g/mol. The molecule has 0 spiro atoms. The van der Waals surface area contributed by atoms with Gasteiger partial charge < -0.3 is 20.3 Å². The maximum atomic E-state index is 12.6. The first-order chi connectivity index (χ1) is 15.6. The van der Waals surface area contributed by atoms with Gasteiger partial charge in [0.25, 0.3) is 0 Å². The van der Waals surface area contributed by atoms with Crippen LogP contribution in [0.25, 0.3) is 0 Å². The molecule has 2 N–H and O–H groups in total. The van der Waals surface area contributed by atoms with Gasteiger partial charge in [-0.05, 0) is 42.9 Å². The molecular weight excluding hydrogens is 529 g/mol. The number of hydrogen-bond acceptors (Lipinski definition) is 4. The van der Waals surface area contributed by atoms with Crippen molar-refractivity contribution in [3.8, 4) is 5.75 Å². The number of nitrogens with one attached hydrogen (secondary N) is 2. The number of hydrogen-bond donors (Lipinski definition) is 2. The molecular formula is C25H42IN5O2. The number of rotatable bonds is 9. The molecule has 0 bridgehead atoms. The number of halogens is 1. The first kappa shape index (κ1) is 27.7. The largest absolute Gasteiger partial charge is 0.497 e. The Morgan fingerprint density at radius 1 is 1.09 bits per heavy atom. The van der Waals surface area contributed by atoms with Gasteiger partial charge in [-0.2, -0.15) is 0 Å². The molecule has 1 atom stereocenters. The maximum absolute atomic E-state index is 12.6. The van der Waals surface area contributed by atoms with Crippen molar-refractivity contribution in [2.45, 2.75) is 44.9 Å². The highest BCUT2D eigenvalue weighted by Gasteiger charge is 2.29. The van der Waals surface area contributed by atoms with E-state index in [4.69, 9.17) is 4.74 Å². The van der Waals surface area contributed by atoms with Crippen LogP contribution in [0.5, 0.6) is 5.75 Å². The van der Waals surface area contributed by atoms with E-state index in [0.717, 1.165) is 76.8 Å². The van der Waals surface area contributed by atoms with E-state index in [1.807, 2.05) is 19.2 Å². The zero-order valence-electron chi connectivity index (χ0n) is 20.5. The number of methoxy groups -OCH3 is 1. The predicted molar refractivity (Wildman–Crippen MR) is 146 cm³/mol. The Bertz CT molecular complexity index is 729. The summed E-state index contributed by atoms with van der Waals surface area (Å²) >= 11 is 0. The Labute approximate surface area is 216 Å². The van der Waals surface area contributed by atoms with Gasteiger partial charge in [0.05, 0.1) is 7.11 Å². The van der Waals surface area contributed by atoms with Gasteiger partial charge in [-0.15, -0.1) is 24.0 Å². The van der Waals surface area contributed by atoms with E-state index in [1.165, 1.54) is 18.4 Å². The molecule has 1 saturated carbocycles. The number of amides is 1. The van der Waals surface area contributed by atoms with Gasteiger partial charge in [-0.25, -0.2) is 0 Å². The van der Waals surface area contributed by atoms with Crippen molar-refractivity contribution in [2.24, 2.45) is 10.9 Å². The number of piperazine rings is 1. The SMILES string of the molecule is CN=C(NCCC(C)c1ccc(OC)cc1)NCCN1CCN(C(=O)C2CCCC2)CC1.I. The molecule has 1 heterocycles. The van der Waals surface area contributed by atoms with Gasteiger partial charge in [0.15, 0.2) is 5.96 Å². The molecule has 1 aromatic carbocycles. The van der Waals surface area contributed by atoms with Crippen molar-refractivity contribution in [2.75, 3.05) is 60.0 Å². The molecule has 186 valence electrons. The molecule has 0 aromatic heterocycles. The average molecular weight is 572 g/mol. The average Bonchev–Trinajstić information content (AvgIpc) is 3.38. The van der Waals surface area contributed by atoms with Gasteiger partial charge in [-0.1, -0.05) is 31.9 Å². The predicted octanol–water partition coefficient (Wildman–Crippen LogP) is 3.31. The minimum atomic E-state index is 0. The minimum absolute atomic E-state index is 0. The fourth-order valence-electron chi connectivity index (χ4n) is 4.68. The van der Waals surface area contributed by atoms with Gasteiger partial charge in [0.2, 0.25) is 5.91 Å². The molecule has 1 aliphatic carbocycles. The van der Waals surface area contributed by atoms with Gasteiger partial charge in [-0.3, -0.25) is 14.7 Å². The summed E-state index contributed by atoms with van der Waals surface area (Å²) in [5.74, 6) is 2.90. The Morgan fingerprint density at radius 2 is 1.73 bits per heavy atom. The summed E-state index contributed by atoms with van der Waals surface area (Å²) < 4.78 is 5.24. The number of guanidine groups is 1. The molecule has 1 aliphatic heterocycles. The number of carbonyl (C=O) groups excluding carboxylic acids is 1. The van der Waals surface area contributed by atoms with Crippen LogP contribution in [0.3, 0.4) is 0 Å². The second-order valence-corrected chi connectivity index (χ2v) is 9.04. The van der Waals surface area contributed by atoms with E-state index in [0.29, 0.717) is 17.7 Å². The highest BCUT2D eigenvalue weighted by Crippen LogP contribution is 2.27. The summed E-state index contributed by atoms with van der Waals surface area (Å²) in [6.45, 7) is 8.60. The molecule has 2 aliphatic rings. The number of ether oxygens (including phenoxy) is 1. The summed E-state index contributed by atoms with van der Waals surface area (Å²) in [6.07, 6.45) is 5.65. The van der Waals surface area contributed by atoms with Crippen molar-refractivity contribution >= 4 is 35.8 Å². The molecule has 1 saturated heterocycles. The van der Waals surface area contributed by atoms with Crippen LogP contribution >= 0.6 is 24.0 Å². The lowest BCUT2D eigenvalue weighted by Gasteiger charge is -2.36. The Hall–Kier alpha value is -1.55. The third-order valence-corrected chi connectivity index (χ3v) is 6.89. The third-order valence-electron chi connectivity index (χ3n) is 6.89. The standard InChI is InChI=1S/C25H41N5O2.HI/c1-20(21-8-10-23(32-3)11-9-21)12-13-27-25(26-2)28-14-15-29-16-18-30(19-17-29)24(31)22-6-4-5-7-22;/h8-11,20,22H,4-7,12-19H2,1-3H3,(H2,26,27,28);1H. The smallest absolute Gasteiger partial charge is 0.225 e. The van der Waals surface area contributed by atoms with Crippen LogP contribution in [0.1, 0.15) is 50.5 Å². The second kappa shape index (κ2) is 14.7. The number of nitrogens with zero attached hydrogens (tertiary/aromatic N) is 3. The Kier molecular flexibility index (Phi) is 12.3. The number of aliphatic imine (C=N–C) groups is 1. The maximum Gasteiger partial charge on any atom is 0.225 e. The summed E-state index contributed by atoms with van der Waals surface area (Å²) in [6, 6.07) is 8.31. The van der Waals surface area contributed by atoms with E-state index < -0.39 is 0 Å². The minimum Gasteiger partial charge on any atom is -0.497 e. The van der Waals surface area contributed by atoms with Crippen molar-refractivity contribution in [1.82, 2.24) is 20.4 Å². The molecule has 7 nitrogen and oxygen atoms in total. The zero-order valence-corrected chi connectivity index (χ0v) is 22.8. The van der Waals surface area contributed by atoms with Crippen LogP contribution < -0.4 is 15.4 Å².